The molecule has 0 fully saturated rings. The highest BCUT2D eigenvalue weighted by molar-refractivity contribution is 7.98. The van der Waals surface area contributed by atoms with E-state index < -0.39 is 5.97 Å². The first-order valence-corrected chi connectivity index (χ1v) is 11.6. The predicted octanol–water partition coefficient (Wildman–Crippen LogP) is 4.67. The molecule has 2 heterocycles. The Balaban J connectivity index is 1.38. The number of aromatic nitrogens is 1. The molecule has 0 spiro atoms. The molecule has 3 aromatic rings. The number of carbonyl (C=O) groups is 3. The summed E-state index contributed by atoms with van der Waals surface area (Å²) in [5, 5.41) is 5.80. The molecule has 0 saturated heterocycles. The van der Waals surface area contributed by atoms with Gasteiger partial charge in [-0.1, -0.05) is 12.1 Å². The number of thiazole rings is 1. The van der Waals surface area contributed by atoms with Gasteiger partial charge in [0.15, 0.2) is 12.4 Å². The van der Waals surface area contributed by atoms with E-state index in [4.69, 9.17) is 4.74 Å². The summed E-state index contributed by atoms with van der Waals surface area (Å²) >= 11 is 3.11. The molecule has 1 amide bonds. The molecule has 8 heteroatoms. The van der Waals surface area contributed by atoms with Crippen molar-refractivity contribution < 1.29 is 19.1 Å². The van der Waals surface area contributed by atoms with Crippen LogP contribution in [0, 0.1) is 6.92 Å². The quantitative estimate of drug-likeness (QED) is 0.319. The number of hydrogen-bond acceptors (Lipinski definition) is 7. The van der Waals surface area contributed by atoms with Crippen molar-refractivity contribution >= 4 is 46.4 Å². The van der Waals surface area contributed by atoms with Gasteiger partial charge in [0.25, 0.3) is 0 Å². The summed E-state index contributed by atoms with van der Waals surface area (Å²) in [5.74, 6) is -0.187. The summed E-state index contributed by atoms with van der Waals surface area (Å²) in [6.07, 6.45) is 0.986. The highest BCUT2D eigenvalue weighted by atomic mass is 32.2. The Labute approximate surface area is 188 Å². The number of esters is 1. The van der Waals surface area contributed by atoms with E-state index in [1.54, 1.807) is 41.7 Å². The van der Waals surface area contributed by atoms with Gasteiger partial charge in [-0.25, -0.2) is 9.78 Å². The summed E-state index contributed by atoms with van der Waals surface area (Å²) in [6, 6.07) is 12.3. The molecule has 4 rings (SSSR count). The molecular formula is C23H20N2O4S2. The maximum atomic E-state index is 12.6. The fourth-order valence-electron chi connectivity index (χ4n) is 3.24. The van der Waals surface area contributed by atoms with Crippen LogP contribution in [0.3, 0.4) is 0 Å². The van der Waals surface area contributed by atoms with Gasteiger partial charge >= 0.3 is 5.97 Å². The van der Waals surface area contributed by atoms with E-state index in [2.05, 4.69) is 10.3 Å². The largest absolute Gasteiger partial charge is 0.454 e. The number of ether oxygens (including phenoxy) is 1. The number of amides is 1. The molecule has 0 aliphatic carbocycles. The normalized spacial score (nSPS) is 12.7. The minimum Gasteiger partial charge on any atom is -0.454 e. The minimum atomic E-state index is -0.531. The molecule has 0 bridgehead atoms. The van der Waals surface area contributed by atoms with Crippen LogP contribution in [-0.2, 0) is 21.7 Å². The number of benzene rings is 2. The zero-order chi connectivity index (χ0) is 21.8. The number of rotatable bonds is 7. The summed E-state index contributed by atoms with van der Waals surface area (Å²) < 4.78 is 5.32. The molecule has 0 saturated carbocycles. The second kappa shape index (κ2) is 9.45. The third-order valence-electron chi connectivity index (χ3n) is 4.81. The second-order valence-electron chi connectivity index (χ2n) is 7.06. The molecular weight excluding hydrogens is 432 g/mol. The number of Topliss-reactive ketones (excluding diaryl/α,β-unsaturated/α-hetero) is 1. The molecule has 2 aromatic carbocycles. The molecule has 31 heavy (non-hydrogen) atoms. The molecule has 1 aliphatic rings. The van der Waals surface area contributed by atoms with E-state index >= 15 is 0 Å². The molecule has 6 nitrogen and oxygen atoms in total. The number of anilines is 1. The minimum absolute atomic E-state index is 0.0260. The fourth-order valence-corrected chi connectivity index (χ4v) is 4.89. The maximum absolute atomic E-state index is 12.6. The van der Waals surface area contributed by atoms with Crippen molar-refractivity contribution in [3.05, 3.63) is 75.2 Å². The Morgan fingerprint density at radius 1 is 1.19 bits per heavy atom. The first kappa shape index (κ1) is 21.3. The van der Waals surface area contributed by atoms with Crippen LogP contribution >= 0.6 is 23.1 Å². The van der Waals surface area contributed by atoms with Crippen molar-refractivity contribution in [2.75, 3.05) is 11.9 Å². The summed E-state index contributed by atoms with van der Waals surface area (Å²) in [4.78, 5) is 41.9. The van der Waals surface area contributed by atoms with Gasteiger partial charge in [-0.15, -0.1) is 23.1 Å². The molecule has 0 unspecified atom stereocenters. The molecule has 1 aromatic heterocycles. The standard InChI is InChI=1S/C23H20N2O4S2/c1-14-24-17(12-30-14)13-31-21-5-3-2-4-18(21)23(28)29-11-20(26)16-6-8-19-15(10-16)7-9-22(27)25-19/h2-6,8,10,12H,7,9,11,13H2,1H3,(H,25,27). The molecule has 0 radical (unpaired) electrons. The first-order valence-electron chi connectivity index (χ1n) is 9.75. The van der Waals surface area contributed by atoms with Gasteiger partial charge in [-0.2, -0.15) is 0 Å². The lowest BCUT2D eigenvalue weighted by molar-refractivity contribution is -0.116. The van der Waals surface area contributed by atoms with Crippen LogP contribution in [0.15, 0.2) is 52.7 Å². The Morgan fingerprint density at radius 3 is 2.84 bits per heavy atom. The number of fused-ring (bicyclic) bond motifs is 1. The van der Waals surface area contributed by atoms with E-state index in [-0.39, 0.29) is 18.3 Å². The number of aryl methyl sites for hydroxylation is 2. The average molecular weight is 453 g/mol. The number of nitrogens with one attached hydrogen (secondary N) is 1. The third-order valence-corrected chi connectivity index (χ3v) is 6.74. The number of carbonyl (C=O) groups excluding carboxylic acids is 3. The Morgan fingerprint density at radius 2 is 2.03 bits per heavy atom. The van der Waals surface area contributed by atoms with Crippen LogP contribution in [0.4, 0.5) is 5.69 Å². The molecule has 1 aliphatic heterocycles. The average Bonchev–Trinajstić information content (AvgIpc) is 3.20. The zero-order valence-electron chi connectivity index (χ0n) is 16.8. The van der Waals surface area contributed by atoms with Crippen molar-refractivity contribution in [2.45, 2.75) is 30.4 Å². The van der Waals surface area contributed by atoms with Crippen molar-refractivity contribution in [1.82, 2.24) is 4.98 Å². The van der Waals surface area contributed by atoms with Gasteiger partial charge in [-0.3, -0.25) is 9.59 Å². The Bertz CT molecular complexity index is 1160. The highest BCUT2D eigenvalue weighted by Gasteiger charge is 2.19. The van der Waals surface area contributed by atoms with Crippen LogP contribution in [-0.4, -0.2) is 29.3 Å². The summed E-state index contributed by atoms with van der Waals surface area (Å²) in [6.45, 7) is 1.62. The summed E-state index contributed by atoms with van der Waals surface area (Å²) in [5.41, 5.74) is 3.50. The van der Waals surface area contributed by atoms with Crippen molar-refractivity contribution in [2.24, 2.45) is 0 Å². The maximum Gasteiger partial charge on any atom is 0.339 e. The molecule has 1 N–H and O–H groups in total. The SMILES string of the molecule is Cc1nc(CSc2ccccc2C(=O)OCC(=O)c2ccc3c(c2)CCC(=O)N3)cs1. The number of nitrogens with zero attached hydrogens (tertiary/aromatic N) is 1. The van der Waals surface area contributed by atoms with Gasteiger partial charge in [0, 0.05) is 33.7 Å². The van der Waals surface area contributed by atoms with E-state index in [1.807, 2.05) is 24.4 Å². The summed E-state index contributed by atoms with van der Waals surface area (Å²) in [7, 11) is 0. The van der Waals surface area contributed by atoms with Gasteiger partial charge in [0.2, 0.25) is 5.91 Å². The molecule has 158 valence electrons. The Kier molecular flexibility index (Phi) is 6.48. The number of thioether (sulfide) groups is 1. The lowest BCUT2D eigenvalue weighted by atomic mass is 9.99. The fraction of sp³-hybridized carbons (Fsp3) is 0.217. The van der Waals surface area contributed by atoms with Gasteiger partial charge in [0.05, 0.1) is 16.3 Å². The first-order chi connectivity index (χ1) is 15.0. The van der Waals surface area contributed by atoms with E-state index in [0.717, 1.165) is 26.8 Å². The van der Waals surface area contributed by atoms with Crippen LogP contribution in [0.1, 0.15) is 43.4 Å². The number of hydrogen-bond donors (Lipinski definition) is 1. The lowest BCUT2D eigenvalue weighted by Crippen LogP contribution is -2.20. The van der Waals surface area contributed by atoms with Gasteiger partial charge < -0.3 is 10.1 Å². The molecule has 0 atom stereocenters. The topological polar surface area (TPSA) is 85.4 Å². The van der Waals surface area contributed by atoms with Gasteiger partial charge in [0.1, 0.15) is 0 Å². The van der Waals surface area contributed by atoms with Crippen molar-refractivity contribution in [3.8, 4) is 0 Å². The highest BCUT2D eigenvalue weighted by Crippen LogP contribution is 2.28. The van der Waals surface area contributed by atoms with Crippen LogP contribution < -0.4 is 5.32 Å². The second-order valence-corrected chi connectivity index (χ2v) is 9.14. The third kappa shape index (κ3) is 5.21. The lowest BCUT2D eigenvalue weighted by Gasteiger charge is -2.17. The van der Waals surface area contributed by atoms with E-state index in [0.29, 0.717) is 29.7 Å². The Hall–Kier alpha value is -2.97. The number of ketones is 1. The van der Waals surface area contributed by atoms with Crippen LogP contribution in [0.25, 0.3) is 0 Å². The van der Waals surface area contributed by atoms with Crippen LogP contribution in [0.2, 0.25) is 0 Å². The zero-order valence-corrected chi connectivity index (χ0v) is 18.5. The predicted molar refractivity (Wildman–Crippen MR) is 121 cm³/mol. The monoisotopic (exact) mass is 452 g/mol. The van der Waals surface area contributed by atoms with Crippen molar-refractivity contribution in [3.63, 3.8) is 0 Å². The van der Waals surface area contributed by atoms with E-state index in [1.165, 1.54) is 11.8 Å². The van der Waals surface area contributed by atoms with Gasteiger partial charge in [-0.05, 0) is 49.2 Å². The van der Waals surface area contributed by atoms with E-state index in [9.17, 15) is 14.4 Å². The van der Waals surface area contributed by atoms with Crippen LogP contribution in [0.5, 0.6) is 0 Å². The van der Waals surface area contributed by atoms with Crippen molar-refractivity contribution in [1.29, 1.82) is 0 Å². The smallest absolute Gasteiger partial charge is 0.339 e.